The molecular weight excluding hydrogens is 287 g/mol. The van der Waals surface area contributed by atoms with Crippen LogP contribution in [-0.4, -0.2) is 20.5 Å². The lowest BCUT2D eigenvalue weighted by Gasteiger charge is -2.07. The van der Waals surface area contributed by atoms with Gasteiger partial charge in [0.2, 0.25) is 0 Å². The van der Waals surface area contributed by atoms with Gasteiger partial charge in [-0.15, -0.1) is 0 Å². The first-order valence-electron chi connectivity index (χ1n) is 6.68. The number of hydrogen-bond donors (Lipinski definition) is 1. The molecule has 1 N–H and O–H groups in total. The number of carboxylic acid groups (broad SMARTS) is 1. The molecule has 0 unspecified atom stereocenters. The first kappa shape index (κ1) is 14.1. The van der Waals surface area contributed by atoms with E-state index in [-0.39, 0.29) is 18.8 Å². The van der Waals surface area contributed by atoms with E-state index in [4.69, 9.17) is 9.84 Å². The van der Waals surface area contributed by atoms with Gasteiger partial charge in [-0.3, -0.25) is 4.79 Å². The molecule has 6 heteroatoms. The molecule has 0 amide bonds. The Morgan fingerprint density at radius 1 is 1.27 bits per heavy atom. The van der Waals surface area contributed by atoms with Crippen molar-refractivity contribution in [3.05, 3.63) is 65.9 Å². The zero-order chi connectivity index (χ0) is 15.5. The van der Waals surface area contributed by atoms with Crippen LogP contribution in [0.1, 0.15) is 11.3 Å². The van der Waals surface area contributed by atoms with Crippen molar-refractivity contribution in [2.45, 2.75) is 13.0 Å². The molecule has 0 bridgehead atoms. The third-order valence-corrected chi connectivity index (χ3v) is 3.17. The molecule has 0 radical (unpaired) electrons. The minimum absolute atomic E-state index is 0.0769. The van der Waals surface area contributed by atoms with Crippen LogP contribution in [0.4, 0.5) is 4.39 Å². The van der Waals surface area contributed by atoms with Crippen LogP contribution in [0.3, 0.4) is 0 Å². The molecule has 2 heterocycles. The molecule has 5 nitrogen and oxygen atoms in total. The fraction of sp³-hybridized carbons (Fsp3) is 0.125. The van der Waals surface area contributed by atoms with E-state index in [2.05, 4.69) is 4.98 Å². The number of aliphatic carboxylic acids is 1. The number of rotatable bonds is 5. The number of nitrogens with zero attached hydrogens (tertiary/aromatic N) is 2. The predicted octanol–water partition coefficient (Wildman–Crippen LogP) is 2.68. The van der Waals surface area contributed by atoms with Gasteiger partial charge >= 0.3 is 5.97 Å². The fourth-order valence-electron chi connectivity index (χ4n) is 2.16. The molecule has 1 aromatic carbocycles. The van der Waals surface area contributed by atoms with Crippen molar-refractivity contribution in [3.8, 4) is 5.75 Å². The second-order valence-electron chi connectivity index (χ2n) is 4.79. The number of pyridine rings is 1. The van der Waals surface area contributed by atoms with Crippen LogP contribution in [0.5, 0.6) is 5.75 Å². The Bertz CT molecular complexity index is 829. The minimum atomic E-state index is -0.947. The van der Waals surface area contributed by atoms with Gasteiger partial charge in [-0.25, -0.2) is 9.37 Å². The standard InChI is InChI=1S/C16H13FN2O3/c17-13-5-2-1-4-11(13)10-22-14-6-3-7-19-9-12(8-15(20)21)18-16(14)19/h1-7,9H,8,10H2,(H,20,21). The Hall–Kier alpha value is -2.89. The molecule has 0 spiro atoms. The second kappa shape index (κ2) is 5.85. The summed E-state index contributed by atoms with van der Waals surface area (Å²) >= 11 is 0. The van der Waals surface area contributed by atoms with E-state index in [1.54, 1.807) is 47.1 Å². The molecule has 22 heavy (non-hydrogen) atoms. The van der Waals surface area contributed by atoms with E-state index in [1.165, 1.54) is 6.07 Å². The van der Waals surface area contributed by atoms with E-state index < -0.39 is 5.97 Å². The first-order valence-corrected chi connectivity index (χ1v) is 6.68. The highest BCUT2D eigenvalue weighted by Crippen LogP contribution is 2.21. The van der Waals surface area contributed by atoms with Crippen LogP contribution in [0.15, 0.2) is 48.8 Å². The van der Waals surface area contributed by atoms with Gasteiger partial charge in [-0.05, 0) is 18.2 Å². The smallest absolute Gasteiger partial charge is 0.309 e. The molecular formula is C16H13FN2O3. The lowest BCUT2D eigenvalue weighted by atomic mass is 10.2. The molecule has 112 valence electrons. The molecule has 3 rings (SSSR count). The summed E-state index contributed by atoms with van der Waals surface area (Å²) in [5, 5.41) is 8.82. The third-order valence-electron chi connectivity index (χ3n) is 3.17. The number of imidazole rings is 1. The number of hydrogen-bond acceptors (Lipinski definition) is 3. The van der Waals surface area contributed by atoms with Crippen molar-refractivity contribution in [2.24, 2.45) is 0 Å². The number of aromatic nitrogens is 2. The number of carboxylic acids is 1. The van der Waals surface area contributed by atoms with Crippen LogP contribution in [0, 0.1) is 5.82 Å². The van der Waals surface area contributed by atoms with E-state index in [9.17, 15) is 9.18 Å². The molecule has 0 fully saturated rings. The molecule has 0 saturated heterocycles. The largest absolute Gasteiger partial charge is 0.485 e. The van der Waals surface area contributed by atoms with E-state index in [0.717, 1.165) is 0 Å². The number of fused-ring (bicyclic) bond motifs is 1. The molecule has 0 atom stereocenters. The summed E-state index contributed by atoms with van der Waals surface area (Å²) in [5.74, 6) is -0.802. The van der Waals surface area contributed by atoms with E-state index >= 15 is 0 Å². The number of ether oxygens (including phenoxy) is 1. The number of carbonyl (C=O) groups is 1. The van der Waals surface area contributed by atoms with Crippen LogP contribution in [0.25, 0.3) is 5.65 Å². The maximum atomic E-state index is 13.6. The van der Waals surface area contributed by atoms with Gasteiger partial charge in [-0.1, -0.05) is 18.2 Å². The maximum absolute atomic E-state index is 13.6. The summed E-state index contributed by atoms with van der Waals surface area (Å²) in [4.78, 5) is 15.0. The van der Waals surface area contributed by atoms with Gasteiger partial charge in [0.1, 0.15) is 12.4 Å². The first-order chi connectivity index (χ1) is 10.6. The van der Waals surface area contributed by atoms with Crippen molar-refractivity contribution in [1.82, 2.24) is 9.38 Å². The summed E-state index contributed by atoms with van der Waals surface area (Å²) in [5.41, 5.74) is 1.39. The van der Waals surface area contributed by atoms with Crippen molar-refractivity contribution in [1.29, 1.82) is 0 Å². The van der Waals surface area contributed by atoms with Crippen LogP contribution >= 0.6 is 0 Å². The minimum Gasteiger partial charge on any atom is -0.485 e. The highest BCUT2D eigenvalue weighted by Gasteiger charge is 2.10. The zero-order valence-corrected chi connectivity index (χ0v) is 11.6. The van der Waals surface area contributed by atoms with Gasteiger partial charge in [0, 0.05) is 18.0 Å². The summed E-state index contributed by atoms with van der Waals surface area (Å²) in [7, 11) is 0. The monoisotopic (exact) mass is 300 g/mol. The van der Waals surface area contributed by atoms with Crippen molar-refractivity contribution in [3.63, 3.8) is 0 Å². The Labute approximate surface area is 125 Å². The van der Waals surface area contributed by atoms with Gasteiger partial charge in [-0.2, -0.15) is 0 Å². The lowest BCUT2D eigenvalue weighted by molar-refractivity contribution is -0.136. The highest BCUT2D eigenvalue weighted by molar-refractivity contribution is 5.70. The summed E-state index contributed by atoms with van der Waals surface area (Å²) in [6, 6.07) is 9.86. The Morgan fingerprint density at radius 2 is 2.09 bits per heavy atom. The number of halogens is 1. The fourth-order valence-corrected chi connectivity index (χ4v) is 2.16. The maximum Gasteiger partial charge on any atom is 0.309 e. The summed E-state index contributed by atoms with van der Waals surface area (Å²) in [6.45, 7) is 0.0769. The molecule has 3 aromatic rings. The predicted molar refractivity (Wildman–Crippen MR) is 77.3 cm³/mol. The molecule has 2 aromatic heterocycles. The molecule has 0 aliphatic carbocycles. The second-order valence-corrected chi connectivity index (χ2v) is 4.79. The van der Waals surface area contributed by atoms with Crippen LogP contribution in [-0.2, 0) is 17.8 Å². The van der Waals surface area contributed by atoms with Gasteiger partial charge < -0.3 is 14.2 Å². The average Bonchev–Trinajstić information content (AvgIpc) is 2.88. The topological polar surface area (TPSA) is 63.8 Å². The number of benzene rings is 1. The average molecular weight is 300 g/mol. The van der Waals surface area contributed by atoms with Gasteiger partial charge in [0.05, 0.1) is 12.1 Å². The van der Waals surface area contributed by atoms with Crippen LogP contribution in [0.2, 0.25) is 0 Å². The van der Waals surface area contributed by atoms with Crippen molar-refractivity contribution >= 4 is 11.6 Å². The van der Waals surface area contributed by atoms with Gasteiger partial charge in [0.25, 0.3) is 0 Å². The molecule has 0 aliphatic rings. The van der Waals surface area contributed by atoms with E-state index in [1.807, 2.05) is 0 Å². The quantitative estimate of drug-likeness (QED) is 0.787. The Kier molecular flexibility index (Phi) is 3.74. The zero-order valence-electron chi connectivity index (χ0n) is 11.6. The SMILES string of the molecule is O=C(O)Cc1cn2cccc(OCc3ccccc3F)c2n1. The summed E-state index contributed by atoms with van der Waals surface area (Å²) < 4.78 is 20.9. The van der Waals surface area contributed by atoms with Gasteiger partial charge in [0.15, 0.2) is 11.4 Å². The lowest BCUT2D eigenvalue weighted by Crippen LogP contribution is -2.00. The Morgan fingerprint density at radius 3 is 2.86 bits per heavy atom. The molecule has 0 saturated carbocycles. The Balaban J connectivity index is 1.86. The van der Waals surface area contributed by atoms with Crippen molar-refractivity contribution in [2.75, 3.05) is 0 Å². The molecule has 0 aliphatic heterocycles. The third kappa shape index (κ3) is 2.90. The normalized spacial score (nSPS) is 10.8. The summed E-state index contributed by atoms with van der Waals surface area (Å²) in [6.07, 6.45) is 3.23. The highest BCUT2D eigenvalue weighted by atomic mass is 19.1. The van der Waals surface area contributed by atoms with Crippen molar-refractivity contribution < 1.29 is 19.0 Å². The van der Waals surface area contributed by atoms with Crippen LogP contribution < -0.4 is 4.74 Å². The van der Waals surface area contributed by atoms with E-state index in [0.29, 0.717) is 22.7 Å².